The van der Waals surface area contributed by atoms with E-state index >= 15 is 0 Å². The highest BCUT2D eigenvalue weighted by atomic mass is 15.0. The minimum atomic E-state index is 0.578. The first kappa shape index (κ1) is 13.6. The van der Waals surface area contributed by atoms with Crippen molar-refractivity contribution in [2.45, 2.75) is 64.2 Å². The Morgan fingerprint density at radius 3 is 2.39 bits per heavy atom. The number of hydrogen-bond donors (Lipinski definition) is 2. The van der Waals surface area contributed by atoms with Crippen LogP contribution in [-0.2, 0) is 6.54 Å². The summed E-state index contributed by atoms with van der Waals surface area (Å²) in [4.78, 5) is 0. The van der Waals surface area contributed by atoms with E-state index in [9.17, 15) is 0 Å². The lowest BCUT2D eigenvalue weighted by molar-refractivity contribution is 0.270. The van der Waals surface area contributed by atoms with E-state index in [0.29, 0.717) is 18.1 Å². The van der Waals surface area contributed by atoms with Gasteiger partial charge in [0.2, 0.25) is 0 Å². The summed E-state index contributed by atoms with van der Waals surface area (Å²) in [5.41, 5.74) is 1.38. The number of rotatable bonds is 5. The Bertz CT molecular complexity index is 334. The second-order valence-electron chi connectivity index (χ2n) is 5.69. The van der Waals surface area contributed by atoms with E-state index in [1.807, 2.05) is 0 Å². The summed E-state index contributed by atoms with van der Waals surface area (Å²) in [6.45, 7) is 5.47. The summed E-state index contributed by atoms with van der Waals surface area (Å²) in [6.07, 6.45) is 5.35. The summed E-state index contributed by atoms with van der Waals surface area (Å²) in [7, 11) is 0. The smallest absolute Gasteiger partial charge is 0.0224 e. The Balaban J connectivity index is 1.85. The fraction of sp³-hybridized carbons (Fsp3) is 0.625. The standard InChI is InChI=1S/C16H26N2/c1-13(2)18-16-11-7-6-10-15(16)17-12-14-8-4-3-5-9-14/h3-5,8-9,13,15-18H,6-7,10-12H2,1-2H3. The molecule has 1 fully saturated rings. The zero-order chi connectivity index (χ0) is 12.8. The highest BCUT2D eigenvalue weighted by molar-refractivity contribution is 5.14. The van der Waals surface area contributed by atoms with Gasteiger partial charge >= 0.3 is 0 Å². The van der Waals surface area contributed by atoms with E-state index < -0.39 is 0 Å². The van der Waals surface area contributed by atoms with Crippen molar-refractivity contribution in [2.24, 2.45) is 0 Å². The van der Waals surface area contributed by atoms with Crippen LogP contribution in [0.5, 0.6) is 0 Å². The molecule has 1 aromatic carbocycles. The van der Waals surface area contributed by atoms with Crippen LogP contribution in [0.4, 0.5) is 0 Å². The van der Waals surface area contributed by atoms with Crippen molar-refractivity contribution in [3.05, 3.63) is 35.9 Å². The normalized spacial score (nSPS) is 24.4. The Morgan fingerprint density at radius 2 is 1.72 bits per heavy atom. The Labute approximate surface area is 111 Å². The molecule has 0 aromatic heterocycles. The van der Waals surface area contributed by atoms with Crippen LogP contribution in [0.15, 0.2) is 30.3 Å². The SMILES string of the molecule is CC(C)NC1CCCCC1NCc1ccccc1. The van der Waals surface area contributed by atoms with Gasteiger partial charge in [-0.2, -0.15) is 0 Å². The molecule has 2 N–H and O–H groups in total. The molecule has 1 saturated carbocycles. The van der Waals surface area contributed by atoms with Gasteiger partial charge in [-0.05, 0) is 18.4 Å². The van der Waals surface area contributed by atoms with Crippen LogP contribution in [0, 0.1) is 0 Å². The quantitative estimate of drug-likeness (QED) is 0.834. The molecule has 2 nitrogen and oxygen atoms in total. The molecular formula is C16H26N2. The van der Waals surface area contributed by atoms with Gasteiger partial charge in [-0.15, -0.1) is 0 Å². The molecule has 18 heavy (non-hydrogen) atoms. The number of hydrogen-bond acceptors (Lipinski definition) is 2. The molecule has 1 aliphatic carbocycles. The van der Waals surface area contributed by atoms with Crippen molar-refractivity contribution in [1.29, 1.82) is 0 Å². The van der Waals surface area contributed by atoms with Gasteiger partial charge in [-0.25, -0.2) is 0 Å². The van der Waals surface area contributed by atoms with Crippen LogP contribution in [0.25, 0.3) is 0 Å². The summed E-state index contributed by atoms with van der Waals surface area (Å²) < 4.78 is 0. The topological polar surface area (TPSA) is 24.1 Å². The number of benzene rings is 1. The first-order valence-corrected chi connectivity index (χ1v) is 7.29. The first-order chi connectivity index (χ1) is 8.75. The van der Waals surface area contributed by atoms with Crippen molar-refractivity contribution in [2.75, 3.05) is 0 Å². The van der Waals surface area contributed by atoms with Gasteiger partial charge in [0.25, 0.3) is 0 Å². The van der Waals surface area contributed by atoms with Crippen LogP contribution in [0.1, 0.15) is 45.1 Å². The lowest BCUT2D eigenvalue weighted by atomic mass is 9.89. The fourth-order valence-electron chi connectivity index (χ4n) is 2.85. The van der Waals surface area contributed by atoms with E-state index in [1.165, 1.54) is 31.2 Å². The zero-order valence-electron chi connectivity index (χ0n) is 11.7. The molecule has 1 aromatic rings. The van der Waals surface area contributed by atoms with Gasteiger partial charge in [-0.3, -0.25) is 0 Å². The van der Waals surface area contributed by atoms with Crippen molar-refractivity contribution >= 4 is 0 Å². The van der Waals surface area contributed by atoms with E-state index in [2.05, 4.69) is 54.8 Å². The van der Waals surface area contributed by atoms with E-state index in [-0.39, 0.29) is 0 Å². The third-order valence-electron chi connectivity index (χ3n) is 3.72. The maximum absolute atomic E-state index is 3.73. The maximum Gasteiger partial charge on any atom is 0.0224 e. The van der Waals surface area contributed by atoms with Crippen molar-refractivity contribution in [3.63, 3.8) is 0 Å². The molecule has 0 radical (unpaired) electrons. The highest BCUT2D eigenvalue weighted by Crippen LogP contribution is 2.19. The van der Waals surface area contributed by atoms with Gasteiger partial charge in [0.1, 0.15) is 0 Å². The first-order valence-electron chi connectivity index (χ1n) is 7.29. The second kappa shape index (κ2) is 6.91. The Kier molecular flexibility index (Phi) is 5.21. The van der Waals surface area contributed by atoms with Gasteiger partial charge in [0.05, 0.1) is 0 Å². The molecule has 0 spiro atoms. The third kappa shape index (κ3) is 4.11. The molecular weight excluding hydrogens is 220 g/mol. The minimum Gasteiger partial charge on any atom is -0.310 e. The molecule has 0 bridgehead atoms. The summed E-state index contributed by atoms with van der Waals surface area (Å²) in [6, 6.07) is 12.5. The van der Waals surface area contributed by atoms with Gasteiger partial charge in [0, 0.05) is 24.7 Å². The van der Waals surface area contributed by atoms with Crippen molar-refractivity contribution in [3.8, 4) is 0 Å². The number of nitrogens with one attached hydrogen (secondary N) is 2. The van der Waals surface area contributed by atoms with Crippen LogP contribution >= 0.6 is 0 Å². The average Bonchev–Trinajstić information content (AvgIpc) is 2.38. The molecule has 0 heterocycles. The zero-order valence-corrected chi connectivity index (χ0v) is 11.7. The average molecular weight is 246 g/mol. The predicted octanol–water partition coefficient (Wildman–Crippen LogP) is 3.09. The summed E-state index contributed by atoms with van der Waals surface area (Å²) >= 11 is 0. The highest BCUT2D eigenvalue weighted by Gasteiger charge is 2.24. The molecule has 0 saturated heterocycles. The van der Waals surface area contributed by atoms with Crippen LogP contribution in [0.3, 0.4) is 0 Å². The van der Waals surface area contributed by atoms with E-state index in [1.54, 1.807) is 0 Å². The summed E-state index contributed by atoms with van der Waals surface area (Å²) in [5, 5.41) is 7.44. The van der Waals surface area contributed by atoms with Crippen LogP contribution in [-0.4, -0.2) is 18.1 Å². The molecule has 1 aliphatic rings. The van der Waals surface area contributed by atoms with E-state index in [0.717, 1.165) is 6.54 Å². The molecule has 0 aliphatic heterocycles. The molecule has 2 heteroatoms. The molecule has 0 amide bonds. The van der Waals surface area contributed by atoms with Gasteiger partial charge in [0.15, 0.2) is 0 Å². The monoisotopic (exact) mass is 246 g/mol. The lowest BCUT2D eigenvalue weighted by Gasteiger charge is -2.34. The maximum atomic E-state index is 3.73. The summed E-state index contributed by atoms with van der Waals surface area (Å²) in [5.74, 6) is 0. The third-order valence-corrected chi connectivity index (χ3v) is 3.72. The van der Waals surface area contributed by atoms with Crippen LogP contribution in [0.2, 0.25) is 0 Å². The van der Waals surface area contributed by atoms with Crippen molar-refractivity contribution in [1.82, 2.24) is 10.6 Å². The van der Waals surface area contributed by atoms with Gasteiger partial charge < -0.3 is 10.6 Å². The predicted molar refractivity (Wildman–Crippen MR) is 77.6 cm³/mol. The largest absolute Gasteiger partial charge is 0.310 e. The molecule has 2 rings (SSSR count). The Morgan fingerprint density at radius 1 is 1.06 bits per heavy atom. The minimum absolute atomic E-state index is 0.578. The second-order valence-corrected chi connectivity index (χ2v) is 5.69. The van der Waals surface area contributed by atoms with E-state index in [4.69, 9.17) is 0 Å². The Hall–Kier alpha value is -0.860. The van der Waals surface area contributed by atoms with Crippen molar-refractivity contribution < 1.29 is 0 Å². The van der Waals surface area contributed by atoms with Gasteiger partial charge in [-0.1, -0.05) is 57.0 Å². The molecule has 2 atom stereocenters. The molecule has 100 valence electrons. The van der Waals surface area contributed by atoms with Crippen LogP contribution < -0.4 is 10.6 Å². The fourth-order valence-corrected chi connectivity index (χ4v) is 2.85. The lowest BCUT2D eigenvalue weighted by Crippen LogP contribution is -2.51. The molecule has 2 unspecified atom stereocenters.